The highest BCUT2D eigenvalue weighted by molar-refractivity contribution is 5.73. The molecule has 2 aromatic carbocycles. The number of hydrazine groups is 2. The van der Waals surface area contributed by atoms with Crippen LogP contribution in [0, 0.1) is 10.1 Å². The molecule has 2 aliphatic rings. The molecule has 0 amide bonds. The van der Waals surface area contributed by atoms with Crippen molar-refractivity contribution >= 4 is 17.1 Å². The SMILES string of the molecule is O=[N+]([O-])c1ccc(N2C=C3c4ccccc4CCN3N2)cc1. The number of rotatable bonds is 2. The highest BCUT2D eigenvalue weighted by Crippen LogP contribution is 2.32. The molecule has 2 aliphatic heterocycles. The number of nitrogens with one attached hydrogen (secondary N) is 1. The molecule has 110 valence electrons. The molecule has 0 bridgehead atoms. The van der Waals surface area contributed by atoms with Crippen LogP contribution < -0.4 is 10.5 Å². The molecule has 0 aliphatic carbocycles. The van der Waals surface area contributed by atoms with Crippen molar-refractivity contribution in [3.63, 3.8) is 0 Å². The molecule has 0 saturated carbocycles. The van der Waals surface area contributed by atoms with Crippen LogP contribution in [-0.4, -0.2) is 16.5 Å². The molecule has 0 atom stereocenters. The molecule has 0 aromatic heterocycles. The predicted octanol–water partition coefficient (Wildman–Crippen LogP) is 2.69. The highest BCUT2D eigenvalue weighted by atomic mass is 16.6. The summed E-state index contributed by atoms with van der Waals surface area (Å²) in [4.78, 5) is 10.3. The van der Waals surface area contributed by atoms with Crippen molar-refractivity contribution in [1.82, 2.24) is 10.5 Å². The zero-order chi connectivity index (χ0) is 15.1. The van der Waals surface area contributed by atoms with Crippen molar-refractivity contribution in [2.45, 2.75) is 6.42 Å². The van der Waals surface area contributed by atoms with Crippen LogP contribution >= 0.6 is 0 Å². The lowest BCUT2D eigenvalue weighted by Crippen LogP contribution is -2.42. The number of nitrogens with zero attached hydrogens (tertiary/aromatic N) is 3. The smallest absolute Gasteiger partial charge is 0.269 e. The van der Waals surface area contributed by atoms with Gasteiger partial charge in [0, 0.05) is 30.4 Å². The summed E-state index contributed by atoms with van der Waals surface area (Å²) in [5.41, 5.74) is 7.96. The molecule has 22 heavy (non-hydrogen) atoms. The molecule has 2 aromatic rings. The molecular formula is C16H14N4O2. The Labute approximate surface area is 127 Å². The normalized spacial score (nSPS) is 16.1. The third-order valence-corrected chi connectivity index (χ3v) is 4.01. The molecular weight excluding hydrogens is 280 g/mol. The van der Waals surface area contributed by atoms with Gasteiger partial charge in [0.25, 0.3) is 5.69 Å². The summed E-state index contributed by atoms with van der Waals surface area (Å²) in [6, 6.07) is 14.9. The van der Waals surface area contributed by atoms with Gasteiger partial charge in [0.05, 0.1) is 16.3 Å². The summed E-state index contributed by atoms with van der Waals surface area (Å²) in [6.45, 7) is 0.895. The van der Waals surface area contributed by atoms with E-state index in [1.54, 1.807) is 12.1 Å². The number of benzene rings is 2. The summed E-state index contributed by atoms with van der Waals surface area (Å²) in [7, 11) is 0. The van der Waals surface area contributed by atoms with Crippen LogP contribution in [0.1, 0.15) is 11.1 Å². The number of anilines is 1. The zero-order valence-electron chi connectivity index (χ0n) is 11.8. The monoisotopic (exact) mass is 294 g/mol. The van der Waals surface area contributed by atoms with Gasteiger partial charge in [-0.3, -0.25) is 20.1 Å². The second kappa shape index (κ2) is 4.85. The largest absolute Gasteiger partial charge is 0.288 e. The fourth-order valence-electron chi connectivity index (χ4n) is 2.88. The number of non-ortho nitro benzene ring substituents is 1. The van der Waals surface area contributed by atoms with Gasteiger partial charge < -0.3 is 0 Å². The lowest BCUT2D eigenvalue weighted by atomic mass is 9.98. The van der Waals surface area contributed by atoms with Crippen LogP contribution in [0.5, 0.6) is 0 Å². The van der Waals surface area contributed by atoms with Gasteiger partial charge in [-0.05, 0) is 24.1 Å². The Morgan fingerprint density at radius 2 is 1.86 bits per heavy atom. The minimum atomic E-state index is -0.390. The Balaban J connectivity index is 1.67. The number of fused-ring (bicyclic) bond motifs is 3. The van der Waals surface area contributed by atoms with Crippen molar-refractivity contribution < 1.29 is 4.92 Å². The molecule has 0 saturated heterocycles. The van der Waals surface area contributed by atoms with Gasteiger partial charge in [0.15, 0.2) is 0 Å². The minimum absolute atomic E-state index is 0.0960. The predicted molar refractivity (Wildman–Crippen MR) is 83.5 cm³/mol. The molecule has 4 rings (SSSR count). The fraction of sp³-hybridized carbons (Fsp3) is 0.125. The summed E-state index contributed by atoms with van der Waals surface area (Å²) in [5, 5.41) is 14.7. The summed E-state index contributed by atoms with van der Waals surface area (Å²) < 4.78 is 0. The highest BCUT2D eigenvalue weighted by Gasteiger charge is 2.27. The first-order chi connectivity index (χ1) is 10.7. The van der Waals surface area contributed by atoms with Crippen LogP contribution in [0.3, 0.4) is 0 Å². The van der Waals surface area contributed by atoms with E-state index in [1.165, 1.54) is 23.3 Å². The van der Waals surface area contributed by atoms with Gasteiger partial charge >= 0.3 is 0 Å². The standard InChI is InChI=1S/C16H14N4O2/c21-20(22)14-7-5-13(6-8-14)19-11-16-15-4-2-1-3-12(15)9-10-18(16)17-19/h1-8,11,17H,9-10H2. The lowest BCUT2D eigenvalue weighted by Gasteiger charge is -2.29. The van der Waals surface area contributed by atoms with E-state index >= 15 is 0 Å². The van der Waals surface area contributed by atoms with Crippen LogP contribution in [0.15, 0.2) is 54.7 Å². The van der Waals surface area contributed by atoms with Gasteiger partial charge in [-0.15, -0.1) is 5.53 Å². The molecule has 6 heteroatoms. The number of nitro benzene ring substituents is 1. The van der Waals surface area contributed by atoms with E-state index in [4.69, 9.17) is 0 Å². The van der Waals surface area contributed by atoms with Gasteiger partial charge in [-0.25, -0.2) is 0 Å². The maximum Gasteiger partial charge on any atom is 0.269 e. The first-order valence-corrected chi connectivity index (χ1v) is 7.10. The van der Waals surface area contributed by atoms with Crippen molar-refractivity contribution in [2.24, 2.45) is 0 Å². The second-order valence-corrected chi connectivity index (χ2v) is 5.32. The number of nitro groups is 1. The summed E-state index contributed by atoms with van der Waals surface area (Å²) in [5.74, 6) is 0. The Morgan fingerprint density at radius 3 is 2.64 bits per heavy atom. The van der Waals surface area contributed by atoms with Crippen LogP contribution in [-0.2, 0) is 6.42 Å². The fourth-order valence-corrected chi connectivity index (χ4v) is 2.88. The number of hydrogen-bond acceptors (Lipinski definition) is 5. The average molecular weight is 294 g/mol. The topological polar surface area (TPSA) is 61.7 Å². The first kappa shape index (κ1) is 12.8. The molecule has 1 N–H and O–H groups in total. The van der Waals surface area contributed by atoms with E-state index in [9.17, 15) is 10.1 Å². The molecule has 0 unspecified atom stereocenters. The van der Waals surface area contributed by atoms with Gasteiger partial charge in [0.1, 0.15) is 0 Å². The second-order valence-electron chi connectivity index (χ2n) is 5.32. The van der Waals surface area contributed by atoms with Crippen LogP contribution in [0.25, 0.3) is 5.70 Å². The maximum atomic E-state index is 10.7. The first-order valence-electron chi connectivity index (χ1n) is 7.10. The van der Waals surface area contributed by atoms with Crippen molar-refractivity contribution in [3.8, 4) is 0 Å². The zero-order valence-corrected chi connectivity index (χ0v) is 11.8. The summed E-state index contributed by atoms with van der Waals surface area (Å²) in [6.07, 6.45) is 3.02. The van der Waals surface area contributed by atoms with E-state index in [1.807, 2.05) is 17.3 Å². The van der Waals surface area contributed by atoms with Gasteiger partial charge in [0.2, 0.25) is 0 Å². The molecule has 0 fully saturated rings. The minimum Gasteiger partial charge on any atom is -0.288 e. The van der Waals surface area contributed by atoms with Crippen LogP contribution in [0.2, 0.25) is 0 Å². The third kappa shape index (κ3) is 2.01. The summed E-state index contributed by atoms with van der Waals surface area (Å²) >= 11 is 0. The van der Waals surface area contributed by atoms with E-state index in [-0.39, 0.29) is 10.6 Å². The molecule has 6 nitrogen and oxygen atoms in total. The number of hydrogen-bond donors (Lipinski definition) is 1. The molecule has 2 heterocycles. The Morgan fingerprint density at radius 1 is 1.09 bits per heavy atom. The third-order valence-electron chi connectivity index (χ3n) is 4.01. The quantitative estimate of drug-likeness (QED) is 0.681. The van der Waals surface area contributed by atoms with Crippen molar-refractivity contribution in [2.75, 3.05) is 11.6 Å². The average Bonchev–Trinajstić information content (AvgIpc) is 2.99. The van der Waals surface area contributed by atoms with Gasteiger partial charge in [-0.2, -0.15) is 0 Å². The molecule has 0 spiro atoms. The van der Waals surface area contributed by atoms with Crippen molar-refractivity contribution in [1.29, 1.82) is 0 Å². The molecule has 0 radical (unpaired) electrons. The van der Waals surface area contributed by atoms with E-state index < -0.39 is 0 Å². The van der Waals surface area contributed by atoms with E-state index in [0.29, 0.717) is 0 Å². The van der Waals surface area contributed by atoms with E-state index in [2.05, 4.69) is 28.7 Å². The Bertz CT molecular complexity index is 770. The van der Waals surface area contributed by atoms with Gasteiger partial charge in [-0.1, -0.05) is 24.3 Å². The van der Waals surface area contributed by atoms with E-state index in [0.717, 1.165) is 24.4 Å². The maximum absolute atomic E-state index is 10.7. The Kier molecular flexibility index (Phi) is 2.83. The lowest BCUT2D eigenvalue weighted by molar-refractivity contribution is -0.384. The van der Waals surface area contributed by atoms with Crippen LogP contribution in [0.4, 0.5) is 11.4 Å². The van der Waals surface area contributed by atoms with Crippen molar-refractivity contribution in [3.05, 3.63) is 76.0 Å². The Hall–Kier alpha value is -2.86.